The number of hydrogen-bond acceptors (Lipinski definition) is 4. The predicted octanol–water partition coefficient (Wildman–Crippen LogP) is 2.15. The molecule has 0 atom stereocenters. The van der Waals surface area contributed by atoms with Crippen LogP contribution in [0.4, 0.5) is 10.6 Å². The largest absolute Gasteiger partial charge is 0.444 e. The first kappa shape index (κ1) is 13.4. The Labute approximate surface area is 102 Å². The molecular weight excluding hydrogens is 218 g/mol. The lowest BCUT2D eigenvalue weighted by Crippen LogP contribution is -2.27. The number of carbonyl (C=O) groups is 1. The number of aromatic nitrogens is 1. The van der Waals surface area contributed by atoms with Crippen LogP contribution in [0.1, 0.15) is 26.5 Å². The minimum absolute atomic E-state index is 0.493. The van der Waals surface area contributed by atoms with Crippen LogP contribution in [0.3, 0.4) is 0 Å². The molecule has 0 aliphatic heterocycles. The lowest BCUT2D eigenvalue weighted by molar-refractivity contribution is 0.0635. The molecule has 0 unspecified atom stereocenters. The number of carbonyl (C=O) groups excluding carboxylic acids is 1. The zero-order chi connectivity index (χ0) is 12.9. The molecule has 1 aromatic rings. The molecule has 0 saturated carbocycles. The van der Waals surface area contributed by atoms with Crippen LogP contribution in [0, 0.1) is 0 Å². The summed E-state index contributed by atoms with van der Waals surface area (Å²) in [5, 5.41) is 5.59. The van der Waals surface area contributed by atoms with Crippen molar-refractivity contribution < 1.29 is 9.53 Å². The van der Waals surface area contributed by atoms with Gasteiger partial charge in [0, 0.05) is 6.54 Å². The summed E-state index contributed by atoms with van der Waals surface area (Å²) in [5.74, 6) is 0.493. The molecule has 0 aliphatic rings. The van der Waals surface area contributed by atoms with Gasteiger partial charge in [0.05, 0.1) is 5.69 Å². The van der Waals surface area contributed by atoms with Crippen LogP contribution in [0.2, 0.25) is 0 Å². The molecule has 1 amide bonds. The van der Waals surface area contributed by atoms with Gasteiger partial charge in [-0.25, -0.2) is 9.78 Å². The molecule has 1 aromatic heterocycles. The fourth-order valence-corrected chi connectivity index (χ4v) is 1.24. The molecule has 0 saturated heterocycles. The lowest BCUT2D eigenvalue weighted by atomic mass is 10.2. The first-order valence-electron chi connectivity index (χ1n) is 5.51. The lowest BCUT2D eigenvalue weighted by Gasteiger charge is -2.19. The Balaban J connectivity index is 2.62. The van der Waals surface area contributed by atoms with Gasteiger partial charge < -0.3 is 10.1 Å². The van der Waals surface area contributed by atoms with Crippen LogP contribution in [0.15, 0.2) is 18.2 Å². The number of hydrogen-bond donors (Lipinski definition) is 2. The maximum Gasteiger partial charge on any atom is 0.413 e. The first-order chi connectivity index (χ1) is 7.90. The summed E-state index contributed by atoms with van der Waals surface area (Å²) in [6, 6.07) is 5.45. The Hall–Kier alpha value is -1.62. The smallest absolute Gasteiger partial charge is 0.413 e. The molecule has 5 heteroatoms. The highest BCUT2D eigenvalue weighted by Gasteiger charge is 2.16. The van der Waals surface area contributed by atoms with Gasteiger partial charge in [0.2, 0.25) is 0 Å². The highest BCUT2D eigenvalue weighted by molar-refractivity contribution is 5.83. The van der Waals surface area contributed by atoms with Gasteiger partial charge in [-0.15, -0.1) is 0 Å². The Kier molecular flexibility index (Phi) is 4.45. The topological polar surface area (TPSA) is 63.2 Å². The molecule has 0 radical (unpaired) electrons. The molecule has 94 valence electrons. The van der Waals surface area contributed by atoms with Crippen LogP contribution >= 0.6 is 0 Å². The van der Waals surface area contributed by atoms with E-state index in [9.17, 15) is 4.79 Å². The second-order valence-electron chi connectivity index (χ2n) is 4.67. The quantitative estimate of drug-likeness (QED) is 0.845. The Morgan fingerprint density at radius 3 is 2.71 bits per heavy atom. The zero-order valence-electron chi connectivity index (χ0n) is 10.7. The van der Waals surface area contributed by atoms with Gasteiger partial charge in [0.25, 0.3) is 0 Å². The fourth-order valence-electron chi connectivity index (χ4n) is 1.24. The van der Waals surface area contributed by atoms with E-state index < -0.39 is 11.7 Å². The van der Waals surface area contributed by atoms with Crippen molar-refractivity contribution in [2.75, 3.05) is 12.4 Å². The molecule has 5 nitrogen and oxygen atoms in total. The average Bonchev–Trinajstić information content (AvgIpc) is 2.15. The average molecular weight is 237 g/mol. The summed E-state index contributed by atoms with van der Waals surface area (Å²) >= 11 is 0. The van der Waals surface area contributed by atoms with Crippen molar-refractivity contribution in [3.63, 3.8) is 0 Å². The van der Waals surface area contributed by atoms with E-state index in [0.717, 1.165) is 5.69 Å². The van der Waals surface area contributed by atoms with Crippen LogP contribution in [0.25, 0.3) is 0 Å². The number of ether oxygens (including phenoxy) is 1. The molecule has 0 aliphatic carbocycles. The Bertz CT molecular complexity index is 386. The summed E-state index contributed by atoms with van der Waals surface area (Å²) < 4.78 is 5.14. The second kappa shape index (κ2) is 5.63. The number of anilines is 1. The van der Waals surface area contributed by atoms with Crippen LogP contribution in [0.5, 0.6) is 0 Å². The summed E-state index contributed by atoms with van der Waals surface area (Å²) in [6.07, 6.45) is -0.494. The fraction of sp³-hybridized carbons (Fsp3) is 0.500. The monoisotopic (exact) mass is 237 g/mol. The summed E-state index contributed by atoms with van der Waals surface area (Å²) in [7, 11) is 1.84. The van der Waals surface area contributed by atoms with Crippen LogP contribution < -0.4 is 10.6 Å². The SMILES string of the molecule is CNCc1cccc(NC(=O)OC(C)(C)C)n1. The highest BCUT2D eigenvalue weighted by Crippen LogP contribution is 2.10. The normalized spacial score (nSPS) is 11.1. The van der Waals surface area contributed by atoms with Crippen molar-refractivity contribution in [3.8, 4) is 0 Å². The van der Waals surface area contributed by atoms with E-state index in [4.69, 9.17) is 4.74 Å². The molecule has 2 N–H and O–H groups in total. The second-order valence-corrected chi connectivity index (χ2v) is 4.67. The number of pyridine rings is 1. The third-order valence-corrected chi connectivity index (χ3v) is 1.79. The Morgan fingerprint density at radius 2 is 2.12 bits per heavy atom. The molecule has 0 fully saturated rings. The summed E-state index contributed by atoms with van der Waals surface area (Å²) in [6.45, 7) is 6.11. The summed E-state index contributed by atoms with van der Waals surface area (Å²) in [5.41, 5.74) is 0.355. The molecular formula is C12H19N3O2. The molecule has 0 aromatic carbocycles. The van der Waals surface area contributed by atoms with Crippen molar-refractivity contribution in [1.29, 1.82) is 0 Å². The predicted molar refractivity (Wildman–Crippen MR) is 66.9 cm³/mol. The molecule has 1 rings (SSSR count). The number of amides is 1. The molecule has 0 spiro atoms. The van der Waals surface area contributed by atoms with Crippen molar-refractivity contribution in [2.24, 2.45) is 0 Å². The maximum atomic E-state index is 11.5. The third kappa shape index (κ3) is 5.31. The minimum atomic E-state index is -0.507. The van der Waals surface area contributed by atoms with E-state index >= 15 is 0 Å². The maximum absolute atomic E-state index is 11.5. The van der Waals surface area contributed by atoms with E-state index in [2.05, 4.69) is 15.6 Å². The van der Waals surface area contributed by atoms with Crippen molar-refractivity contribution in [1.82, 2.24) is 10.3 Å². The summed E-state index contributed by atoms with van der Waals surface area (Å²) in [4.78, 5) is 15.8. The van der Waals surface area contributed by atoms with Crippen molar-refractivity contribution >= 4 is 11.9 Å². The van der Waals surface area contributed by atoms with E-state index in [-0.39, 0.29) is 0 Å². The van der Waals surface area contributed by atoms with Crippen LogP contribution in [-0.2, 0) is 11.3 Å². The molecule has 17 heavy (non-hydrogen) atoms. The highest BCUT2D eigenvalue weighted by atomic mass is 16.6. The number of nitrogens with one attached hydrogen (secondary N) is 2. The number of nitrogens with zero attached hydrogens (tertiary/aromatic N) is 1. The van der Waals surface area contributed by atoms with Gasteiger partial charge in [-0.2, -0.15) is 0 Å². The zero-order valence-corrected chi connectivity index (χ0v) is 10.7. The van der Waals surface area contributed by atoms with Crippen molar-refractivity contribution in [2.45, 2.75) is 32.9 Å². The third-order valence-electron chi connectivity index (χ3n) is 1.79. The standard InChI is InChI=1S/C12H19N3O2/c1-12(2,3)17-11(16)15-10-7-5-6-9(14-10)8-13-4/h5-7,13H,8H2,1-4H3,(H,14,15,16). The van der Waals surface area contributed by atoms with Gasteiger partial charge in [-0.1, -0.05) is 6.07 Å². The molecule has 0 bridgehead atoms. The Morgan fingerprint density at radius 1 is 1.41 bits per heavy atom. The van der Waals surface area contributed by atoms with Crippen LogP contribution in [-0.4, -0.2) is 23.7 Å². The van der Waals surface area contributed by atoms with Gasteiger partial charge in [-0.05, 0) is 40.0 Å². The van der Waals surface area contributed by atoms with Crippen molar-refractivity contribution in [3.05, 3.63) is 23.9 Å². The van der Waals surface area contributed by atoms with E-state index in [1.807, 2.05) is 40.0 Å². The van der Waals surface area contributed by atoms with E-state index in [1.165, 1.54) is 0 Å². The molecule has 1 heterocycles. The van der Waals surface area contributed by atoms with Gasteiger partial charge >= 0.3 is 6.09 Å². The minimum Gasteiger partial charge on any atom is -0.444 e. The van der Waals surface area contributed by atoms with Gasteiger partial charge in [0.1, 0.15) is 11.4 Å². The van der Waals surface area contributed by atoms with E-state index in [0.29, 0.717) is 12.4 Å². The van der Waals surface area contributed by atoms with E-state index in [1.54, 1.807) is 6.07 Å². The van der Waals surface area contributed by atoms with Gasteiger partial charge in [-0.3, -0.25) is 5.32 Å². The number of rotatable bonds is 3. The van der Waals surface area contributed by atoms with Gasteiger partial charge in [0.15, 0.2) is 0 Å². The first-order valence-corrected chi connectivity index (χ1v) is 5.51.